The average Bonchev–Trinajstić information content (AvgIpc) is 2.45. The molecule has 1 unspecified atom stereocenters. The first-order valence-corrected chi connectivity index (χ1v) is 6.48. The zero-order valence-electron chi connectivity index (χ0n) is 10.7. The molecule has 2 aromatic rings. The van der Waals surface area contributed by atoms with E-state index in [2.05, 4.69) is 6.58 Å². The Labute approximate surface area is 121 Å². The van der Waals surface area contributed by atoms with Crippen LogP contribution in [0.15, 0.2) is 55.1 Å². The van der Waals surface area contributed by atoms with Crippen molar-refractivity contribution in [2.24, 2.45) is 0 Å². The molecule has 0 heterocycles. The fourth-order valence-electron chi connectivity index (χ4n) is 1.86. The molecule has 0 radical (unpaired) electrons. The lowest BCUT2D eigenvalue weighted by atomic mass is 10.0. The number of alkyl halides is 1. The maximum absolute atomic E-state index is 13.8. The smallest absolute Gasteiger partial charge is 0.165 e. The summed E-state index contributed by atoms with van der Waals surface area (Å²) in [6.45, 7) is 3.69. The summed E-state index contributed by atoms with van der Waals surface area (Å²) in [7, 11) is 0. The summed E-state index contributed by atoms with van der Waals surface area (Å²) in [5.74, 6) is -0.832. The van der Waals surface area contributed by atoms with Gasteiger partial charge in [0.05, 0.1) is 5.38 Å². The van der Waals surface area contributed by atoms with Crippen LogP contribution < -0.4 is 4.74 Å². The molecule has 0 aromatic heterocycles. The number of hydrogen-bond donors (Lipinski definition) is 0. The second-order valence-electron chi connectivity index (χ2n) is 4.18. The summed E-state index contributed by atoms with van der Waals surface area (Å²) in [6.07, 6.45) is 1.52. The van der Waals surface area contributed by atoms with Gasteiger partial charge in [-0.05, 0) is 23.8 Å². The van der Waals surface area contributed by atoms with Crippen molar-refractivity contribution in [1.82, 2.24) is 0 Å². The number of benzene rings is 2. The van der Waals surface area contributed by atoms with Crippen molar-refractivity contribution < 1.29 is 13.5 Å². The minimum absolute atomic E-state index is 0.0664. The lowest BCUT2D eigenvalue weighted by Gasteiger charge is -2.16. The number of halogens is 3. The van der Waals surface area contributed by atoms with Crippen molar-refractivity contribution in [1.29, 1.82) is 0 Å². The van der Waals surface area contributed by atoms with Gasteiger partial charge in [0.2, 0.25) is 0 Å². The van der Waals surface area contributed by atoms with E-state index >= 15 is 0 Å². The molecule has 0 N–H and O–H groups in total. The number of rotatable bonds is 5. The third-order valence-corrected chi connectivity index (χ3v) is 3.24. The van der Waals surface area contributed by atoms with E-state index in [0.29, 0.717) is 11.1 Å². The standard InChI is InChI=1S/C16H13ClF2O/c1-2-9-20-16-13(7-4-8-14(16)19)15(17)11-5-3-6-12(18)10-11/h2-8,10,15H,1,9H2. The molecule has 1 nitrogen and oxygen atoms in total. The molecular weight excluding hydrogens is 282 g/mol. The molecule has 0 aliphatic heterocycles. The summed E-state index contributed by atoms with van der Waals surface area (Å²) in [5.41, 5.74) is 1.000. The van der Waals surface area contributed by atoms with Gasteiger partial charge in [0, 0.05) is 5.56 Å². The third kappa shape index (κ3) is 3.17. The van der Waals surface area contributed by atoms with Crippen LogP contribution in [-0.4, -0.2) is 6.61 Å². The molecule has 0 aliphatic carbocycles. The zero-order valence-corrected chi connectivity index (χ0v) is 11.4. The van der Waals surface area contributed by atoms with Crippen molar-refractivity contribution in [3.63, 3.8) is 0 Å². The molecule has 0 bridgehead atoms. The Balaban J connectivity index is 2.40. The third-order valence-electron chi connectivity index (χ3n) is 2.76. The fraction of sp³-hybridized carbons (Fsp3) is 0.125. The molecule has 0 saturated heterocycles. The normalized spacial score (nSPS) is 11.9. The molecule has 0 fully saturated rings. The van der Waals surface area contributed by atoms with Crippen LogP contribution in [0.5, 0.6) is 5.75 Å². The Kier molecular flexibility index (Phi) is 4.74. The highest BCUT2D eigenvalue weighted by Gasteiger charge is 2.19. The lowest BCUT2D eigenvalue weighted by Crippen LogP contribution is -2.03. The second-order valence-corrected chi connectivity index (χ2v) is 4.61. The summed E-state index contributed by atoms with van der Waals surface area (Å²) in [6, 6.07) is 10.4. The first kappa shape index (κ1) is 14.5. The first-order valence-electron chi connectivity index (χ1n) is 6.05. The Morgan fingerprint density at radius 1 is 1.20 bits per heavy atom. The van der Waals surface area contributed by atoms with Gasteiger partial charge >= 0.3 is 0 Å². The van der Waals surface area contributed by atoms with Crippen LogP contribution in [0.3, 0.4) is 0 Å². The Hall–Kier alpha value is -1.87. The molecule has 0 spiro atoms. The highest BCUT2D eigenvalue weighted by molar-refractivity contribution is 6.22. The van der Waals surface area contributed by atoms with Crippen molar-refractivity contribution in [3.8, 4) is 5.75 Å². The minimum Gasteiger partial charge on any atom is -0.486 e. The maximum Gasteiger partial charge on any atom is 0.165 e. The van der Waals surface area contributed by atoms with Gasteiger partial charge in [-0.25, -0.2) is 8.78 Å². The highest BCUT2D eigenvalue weighted by Crippen LogP contribution is 2.36. The van der Waals surface area contributed by atoms with Crippen LogP contribution in [0.25, 0.3) is 0 Å². The molecule has 0 aliphatic rings. The van der Waals surface area contributed by atoms with Crippen molar-refractivity contribution in [3.05, 3.63) is 77.9 Å². The van der Waals surface area contributed by atoms with E-state index in [1.807, 2.05) is 0 Å². The summed E-state index contributed by atoms with van der Waals surface area (Å²) >= 11 is 6.32. The molecular formula is C16H13ClF2O. The fourth-order valence-corrected chi connectivity index (χ4v) is 2.17. The Morgan fingerprint density at radius 3 is 2.65 bits per heavy atom. The van der Waals surface area contributed by atoms with Gasteiger partial charge in [-0.1, -0.05) is 36.9 Å². The van der Waals surface area contributed by atoms with Gasteiger partial charge in [0.1, 0.15) is 12.4 Å². The van der Waals surface area contributed by atoms with E-state index in [4.69, 9.17) is 16.3 Å². The van der Waals surface area contributed by atoms with Crippen LogP contribution in [0.2, 0.25) is 0 Å². The predicted octanol–water partition coefficient (Wildman–Crippen LogP) is 4.86. The molecule has 104 valence electrons. The van der Waals surface area contributed by atoms with E-state index in [0.717, 1.165) is 0 Å². The number of hydrogen-bond acceptors (Lipinski definition) is 1. The van der Waals surface area contributed by atoms with Crippen LogP contribution in [-0.2, 0) is 0 Å². The number of para-hydroxylation sites is 1. The van der Waals surface area contributed by atoms with Crippen molar-refractivity contribution in [2.45, 2.75) is 5.38 Å². The Morgan fingerprint density at radius 2 is 1.95 bits per heavy atom. The topological polar surface area (TPSA) is 9.23 Å². The van der Waals surface area contributed by atoms with Gasteiger partial charge in [-0.2, -0.15) is 0 Å². The largest absolute Gasteiger partial charge is 0.486 e. The quantitative estimate of drug-likeness (QED) is 0.565. The average molecular weight is 295 g/mol. The van der Waals surface area contributed by atoms with Gasteiger partial charge < -0.3 is 4.74 Å². The van der Waals surface area contributed by atoms with Gasteiger partial charge in [-0.3, -0.25) is 0 Å². The first-order chi connectivity index (χ1) is 9.63. The molecule has 0 amide bonds. The van der Waals surface area contributed by atoms with E-state index in [1.165, 1.54) is 24.3 Å². The predicted molar refractivity (Wildman–Crippen MR) is 76.2 cm³/mol. The van der Waals surface area contributed by atoms with Crippen molar-refractivity contribution in [2.75, 3.05) is 6.61 Å². The minimum atomic E-state index is -0.693. The van der Waals surface area contributed by atoms with Gasteiger partial charge in [-0.15, -0.1) is 11.6 Å². The number of ether oxygens (including phenoxy) is 1. The molecule has 1 atom stereocenters. The van der Waals surface area contributed by atoms with Crippen molar-refractivity contribution >= 4 is 11.6 Å². The monoisotopic (exact) mass is 294 g/mol. The van der Waals surface area contributed by atoms with Crippen LogP contribution in [0.4, 0.5) is 8.78 Å². The van der Waals surface area contributed by atoms with E-state index < -0.39 is 17.0 Å². The second kappa shape index (κ2) is 6.53. The zero-order chi connectivity index (χ0) is 14.5. The summed E-state index contributed by atoms with van der Waals surface area (Å²) < 4.78 is 32.4. The highest BCUT2D eigenvalue weighted by atomic mass is 35.5. The molecule has 2 rings (SSSR count). The maximum atomic E-state index is 13.8. The summed E-state index contributed by atoms with van der Waals surface area (Å²) in [5, 5.41) is -0.693. The van der Waals surface area contributed by atoms with Crippen LogP contribution >= 0.6 is 11.6 Å². The molecule has 0 saturated carbocycles. The van der Waals surface area contributed by atoms with E-state index in [9.17, 15) is 8.78 Å². The lowest BCUT2D eigenvalue weighted by molar-refractivity contribution is 0.338. The van der Waals surface area contributed by atoms with Gasteiger partial charge in [0.15, 0.2) is 11.6 Å². The Bertz CT molecular complexity index is 613. The van der Waals surface area contributed by atoms with Crippen LogP contribution in [0, 0.1) is 11.6 Å². The van der Waals surface area contributed by atoms with Crippen LogP contribution in [0.1, 0.15) is 16.5 Å². The van der Waals surface area contributed by atoms with Gasteiger partial charge in [0.25, 0.3) is 0 Å². The molecule has 2 aromatic carbocycles. The van der Waals surface area contributed by atoms with E-state index in [1.54, 1.807) is 24.3 Å². The SMILES string of the molecule is C=CCOc1c(F)cccc1C(Cl)c1cccc(F)c1. The molecule has 4 heteroatoms. The summed E-state index contributed by atoms with van der Waals surface area (Å²) in [4.78, 5) is 0. The van der Waals surface area contributed by atoms with E-state index in [-0.39, 0.29) is 12.4 Å². The molecule has 20 heavy (non-hydrogen) atoms.